The van der Waals surface area contributed by atoms with E-state index in [0.29, 0.717) is 29.8 Å². The van der Waals surface area contributed by atoms with Crippen molar-refractivity contribution in [2.45, 2.75) is 37.4 Å². The highest BCUT2D eigenvalue weighted by Gasteiger charge is 2.45. The fourth-order valence-corrected chi connectivity index (χ4v) is 4.36. The van der Waals surface area contributed by atoms with Gasteiger partial charge in [0.15, 0.2) is 0 Å². The molecule has 2 unspecified atom stereocenters. The average Bonchev–Trinajstić information content (AvgIpc) is 3.25. The van der Waals surface area contributed by atoms with Gasteiger partial charge >= 0.3 is 0 Å². The molecular weight excluding hydrogens is 376 g/mol. The van der Waals surface area contributed by atoms with Crippen LogP contribution in [0.2, 0.25) is 0 Å². The molecule has 0 radical (unpaired) electrons. The van der Waals surface area contributed by atoms with E-state index < -0.39 is 23.8 Å². The number of methoxy groups -OCH3 is 1. The predicted octanol–water partition coefficient (Wildman–Crippen LogP) is -0.444. The third-order valence-electron chi connectivity index (χ3n) is 5.87. The summed E-state index contributed by atoms with van der Waals surface area (Å²) in [5, 5.41) is 9.02. The van der Waals surface area contributed by atoms with Crippen LogP contribution in [-0.4, -0.2) is 66.9 Å². The zero-order valence-electron chi connectivity index (χ0n) is 16.2. The summed E-state index contributed by atoms with van der Waals surface area (Å²) in [6.07, 6.45) is 1.14. The van der Waals surface area contributed by atoms with Gasteiger partial charge in [0, 0.05) is 26.6 Å². The highest BCUT2D eigenvalue weighted by molar-refractivity contribution is 6.24. The highest BCUT2D eigenvalue weighted by Crippen LogP contribution is 2.30. The standard InChI is InChI=1S/C20H24N4O5/c1-29-11-20(7-8-21-10-20)22-9-12-3-2-4-13-16(12)19(28)24(18(13)27)14-5-6-15(25)23-17(14)26/h2-4,14,21-22H,5-11H2,1H3,(H,23,25,26). The van der Waals surface area contributed by atoms with Gasteiger partial charge in [-0.15, -0.1) is 0 Å². The maximum absolute atomic E-state index is 13.1. The van der Waals surface area contributed by atoms with Crippen LogP contribution in [0.4, 0.5) is 0 Å². The van der Waals surface area contributed by atoms with Gasteiger partial charge < -0.3 is 15.4 Å². The summed E-state index contributed by atoms with van der Waals surface area (Å²) in [5.41, 5.74) is 1.10. The van der Waals surface area contributed by atoms with Crippen LogP contribution in [0.15, 0.2) is 18.2 Å². The Bertz CT molecular complexity index is 878. The van der Waals surface area contributed by atoms with E-state index in [4.69, 9.17) is 4.74 Å². The van der Waals surface area contributed by atoms with Crippen molar-refractivity contribution in [3.8, 4) is 0 Å². The predicted molar refractivity (Wildman–Crippen MR) is 102 cm³/mol. The molecule has 1 aromatic carbocycles. The van der Waals surface area contributed by atoms with Crippen molar-refractivity contribution in [3.05, 3.63) is 34.9 Å². The third-order valence-corrected chi connectivity index (χ3v) is 5.87. The Kier molecular flexibility index (Phi) is 5.20. The van der Waals surface area contributed by atoms with Crippen LogP contribution in [0, 0.1) is 0 Å². The second kappa shape index (κ2) is 7.66. The molecule has 2 fully saturated rings. The number of ether oxygens (including phenoxy) is 1. The number of piperidine rings is 1. The minimum Gasteiger partial charge on any atom is -0.383 e. The summed E-state index contributed by atoms with van der Waals surface area (Å²) in [4.78, 5) is 50.7. The lowest BCUT2D eigenvalue weighted by Gasteiger charge is -2.29. The zero-order valence-corrected chi connectivity index (χ0v) is 16.2. The molecule has 2 atom stereocenters. The molecule has 1 aromatic rings. The van der Waals surface area contributed by atoms with Crippen LogP contribution >= 0.6 is 0 Å². The summed E-state index contributed by atoms with van der Waals surface area (Å²) >= 11 is 0. The van der Waals surface area contributed by atoms with Gasteiger partial charge in [-0.3, -0.25) is 29.4 Å². The van der Waals surface area contributed by atoms with E-state index in [1.807, 2.05) is 6.07 Å². The average molecular weight is 400 g/mol. The number of nitrogens with one attached hydrogen (secondary N) is 3. The second-order valence-corrected chi connectivity index (χ2v) is 7.78. The Hall–Kier alpha value is -2.62. The molecule has 3 aliphatic heterocycles. The van der Waals surface area contributed by atoms with Gasteiger partial charge in [-0.1, -0.05) is 12.1 Å². The molecule has 9 nitrogen and oxygen atoms in total. The first-order chi connectivity index (χ1) is 14.0. The van der Waals surface area contributed by atoms with Crippen molar-refractivity contribution in [1.82, 2.24) is 20.9 Å². The molecule has 3 N–H and O–H groups in total. The number of carbonyl (C=O) groups excluding carboxylic acids is 4. The van der Waals surface area contributed by atoms with E-state index in [2.05, 4.69) is 16.0 Å². The number of hydrogen-bond donors (Lipinski definition) is 3. The SMILES string of the molecule is COCC1(NCc2cccc3c2C(=O)N(C2CCC(=O)NC2=O)C3=O)CCNC1. The molecule has 0 saturated carbocycles. The number of fused-ring (bicyclic) bond motifs is 1. The van der Waals surface area contributed by atoms with Gasteiger partial charge in [0.25, 0.3) is 11.8 Å². The van der Waals surface area contributed by atoms with E-state index in [9.17, 15) is 19.2 Å². The second-order valence-electron chi connectivity index (χ2n) is 7.78. The van der Waals surface area contributed by atoms with Gasteiger partial charge in [-0.2, -0.15) is 0 Å². The smallest absolute Gasteiger partial charge is 0.262 e. The fraction of sp³-hybridized carbons (Fsp3) is 0.500. The number of carbonyl (C=O) groups is 4. The molecule has 4 rings (SSSR count). The van der Waals surface area contributed by atoms with Gasteiger partial charge in [0.05, 0.1) is 23.3 Å². The Balaban J connectivity index is 1.58. The minimum absolute atomic E-state index is 0.102. The van der Waals surface area contributed by atoms with E-state index in [0.717, 1.165) is 24.4 Å². The normalized spacial score (nSPS) is 26.8. The maximum Gasteiger partial charge on any atom is 0.262 e. The number of benzene rings is 1. The van der Waals surface area contributed by atoms with Gasteiger partial charge in [0.2, 0.25) is 11.8 Å². The number of nitrogens with zero attached hydrogens (tertiary/aromatic N) is 1. The number of hydrogen-bond acceptors (Lipinski definition) is 7. The molecule has 29 heavy (non-hydrogen) atoms. The Morgan fingerprint density at radius 1 is 1.24 bits per heavy atom. The van der Waals surface area contributed by atoms with Crippen molar-refractivity contribution >= 4 is 23.6 Å². The maximum atomic E-state index is 13.1. The number of amides is 4. The van der Waals surface area contributed by atoms with Crippen molar-refractivity contribution < 1.29 is 23.9 Å². The lowest BCUT2D eigenvalue weighted by Crippen LogP contribution is -2.54. The Labute approximate surface area is 168 Å². The Morgan fingerprint density at radius 2 is 2.07 bits per heavy atom. The molecule has 0 bridgehead atoms. The highest BCUT2D eigenvalue weighted by atomic mass is 16.5. The molecule has 0 aliphatic carbocycles. The third kappa shape index (κ3) is 3.45. The summed E-state index contributed by atoms with van der Waals surface area (Å²) in [7, 11) is 1.65. The molecule has 3 heterocycles. The minimum atomic E-state index is -0.959. The number of rotatable bonds is 6. The summed E-state index contributed by atoms with van der Waals surface area (Å²) in [5.74, 6) is -1.97. The summed E-state index contributed by atoms with van der Waals surface area (Å²) in [6.45, 7) is 2.57. The van der Waals surface area contributed by atoms with Crippen LogP contribution < -0.4 is 16.0 Å². The first-order valence-electron chi connectivity index (χ1n) is 9.74. The van der Waals surface area contributed by atoms with Crippen molar-refractivity contribution in [2.75, 3.05) is 26.8 Å². The van der Waals surface area contributed by atoms with Gasteiger partial charge in [-0.25, -0.2) is 0 Å². The molecule has 9 heteroatoms. The van der Waals surface area contributed by atoms with E-state index in [-0.39, 0.29) is 24.3 Å². The van der Waals surface area contributed by atoms with Crippen LogP contribution in [0.3, 0.4) is 0 Å². The first kappa shape index (κ1) is 19.7. The molecule has 154 valence electrons. The van der Waals surface area contributed by atoms with E-state index >= 15 is 0 Å². The largest absolute Gasteiger partial charge is 0.383 e. The van der Waals surface area contributed by atoms with Crippen LogP contribution in [0.5, 0.6) is 0 Å². The molecule has 3 aliphatic rings. The van der Waals surface area contributed by atoms with Crippen LogP contribution in [-0.2, 0) is 20.9 Å². The Morgan fingerprint density at radius 3 is 2.76 bits per heavy atom. The lowest BCUT2D eigenvalue weighted by atomic mass is 9.97. The summed E-state index contributed by atoms with van der Waals surface area (Å²) in [6, 6.07) is 4.20. The molecule has 4 amide bonds. The quantitative estimate of drug-likeness (QED) is 0.554. The van der Waals surface area contributed by atoms with Crippen LogP contribution in [0.1, 0.15) is 45.5 Å². The lowest BCUT2D eigenvalue weighted by molar-refractivity contribution is -0.136. The van der Waals surface area contributed by atoms with E-state index in [1.54, 1.807) is 19.2 Å². The molecule has 0 aromatic heterocycles. The van der Waals surface area contributed by atoms with Crippen LogP contribution in [0.25, 0.3) is 0 Å². The fourth-order valence-electron chi connectivity index (χ4n) is 4.36. The molecule has 2 saturated heterocycles. The van der Waals surface area contributed by atoms with Gasteiger partial charge in [0.1, 0.15) is 6.04 Å². The monoisotopic (exact) mass is 400 g/mol. The molecule has 0 spiro atoms. The molecular formula is C20H24N4O5. The van der Waals surface area contributed by atoms with Crippen molar-refractivity contribution in [1.29, 1.82) is 0 Å². The van der Waals surface area contributed by atoms with Gasteiger partial charge in [-0.05, 0) is 31.0 Å². The topological polar surface area (TPSA) is 117 Å². The summed E-state index contributed by atoms with van der Waals surface area (Å²) < 4.78 is 5.36. The first-order valence-corrected chi connectivity index (χ1v) is 9.74. The van der Waals surface area contributed by atoms with E-state index in [1.165, 1.54) is 0 Å². The van der Waals surface area contributed by atoms with Crippen molar-refractivity contribution in [3.63, 3.8) is 0 Å². The zero-order chi connectivity index (χ0) is 20.6. The number of imide groups is 2. The van der Waals surface area contributed by atoms with Crippen molar-refractivity contribution in [2.24, 2.45) is 0 Å².